The Kier molecular flexibility index (Phi) is 5.36. The molecule has 1 aromatic heterocycles. The standard InChI is InChI=1S/C17H19F2N3O3S/c18-17(19)26(24,25)14-8-6-12(7-9-14)16(23)21-15-10-11-20-22(15)13-4-2-1-3-5-13/h6-11,13,17H,1-5H2,(H,21,23). The molecule has 3 rings (SSSR count). The van der Waals surface area contributed by atoms with E-state index in [1.165, 1.54) is 18.6 Å². The summed E-state index contributed by atoms with van der Waals surface area (Å²) in [7, 11) is -4.67. The Morgan fingerprint density at radius 1 is 1.12 bits per heavy atom. The van der Waals surface area contributed by atoms with Crippen molar-refractivity contribution in [3.8, 4) is 0 Å². The first-order valence-electron chi connectivity index (χ1n) is 8.36. The largest absolute Gasteiger partial charge is 0.341 e. The highest BCUT2D eigenvalue weighted by molar-refractivity contribution is 7.91. The van der Waals surface area contributed by atoms with Gasteiger partial charge in [0.05, 0.1) is 17.1 Å². The van der Waals surface area contributed by atoms with Crippen molar-refractivity contribution in [2.75, 3.05) is 5.32 Å². The second-order valence-electron chi connectivity index (χ2n) is 6.24. The van der Waals surface area contributed by atoms with Crippen LogP contribution in [0.5, 0.6) is 0 Å². The van der Waals surface area contributed by atoms with E-state index in [0.29, 0.717) is 5.82 Å². The van der Waals surface area contributed by atoms with Crippen molar-refractivity contribution in [2.45, 2.75) is 48.8 Å². The van der Waals surface area contributed by atoms with Gasteiger partial charge in [0, 0.05) is 11.6 Å². The molecule has 1 amide bonds. The third-order valence-corrected chi connectivity index (χ3v) is 5.91. The number of alkyl halides is 2. The third-order valence-electron chi connectivity index (χ3n) is 4.51. The number of hydrogen-bond acceptors (Lipinski definition) is 4. The molecule has 1 aliphatic rings. The molecule has 1 fully saturated rings. The monoisotopic (exact) mass is 383 g/mol. The second-order valence-corrected chi connectivity index (χ2v) is 8.15. The summed E-state index contributed by atoms with van der Waals surface area (Å²) >= 11 is 0. The molecule has 9 heteroatoms. The van der Waals surface area contributed by atoms with E-state index >= 15 is 0 Å². The fourth-order valence-corrected chi connectivity index (χ4v) is 3.84. The number of carbonyl (C=O) groups excluding carboxylic acids is 1. The summed E-state index contributed by atoms with van der Waals surface area (Å²) in [6, 6.07) is 6.39. The summed E-state index contributed by atoms with van der Waals surface area (Å²) in [5.74, 6) is -3.39. The molecule has 2 aromatic rings. The summed E-state index contributed by atoms with van der Waals surface area (Å²) in [6.45, 7) is 0. The van der Waals surface area contributed by atoms with Gasteiger partial charge in [-0.3, -0.25) is 4.79 Å². The lowest BCUT2D eigenvalue weighted by Crippen LogP contribution is -2.20. The zero-order chi connectivity index (χ0) is 18.7. The predicted octanol–water partition coefficient (Wildman–Crippen LogP) is 3.64. The van der Waals surface area contributed by atoms with Gasteiger partial charge in [-0.2, -0.15) is 13.9 Å². The molecule has 0 saturated heterocycles. The Bertz CT molecular complexity index is 873. The van der Waals surface area contributed by atoms with Crippen molar-refractivity contribution >= 4 is 21.6 Å². The van der Waals surface area contributed by atoms with Crippen LogP contribution in [0.1, 0.15) is 48.5 Å². The number of carbonyl (C=O) groups is 1. The summed E-state index contributed by atoms with van der Waals surface area (Å²) < 4.78 is 49.8. The van der Waals surface area contributed by atoms with E-state index < -0.39 is 26.4 Å². The zero-order valence-corrected chi connectivity index (χ0v) is 14.8. The first-order chi connectivity index (χ1) is 12.4. The molecule has 1 aromatic carbocycles. The van der Waals surface area contributed by atoms with E-state index in [1.807, 2.05) is 0 Å². The minimum absolute atomic E-state index is 0.176. The molecular weight excluding hydrogens is 364 g/mol. The molecule has 0 atom stereocenters. The van der Waals surface area contributed by atoms with Crippen molar-refractivity contribution in [1.29, 1.82) is 0 Å². The molecule has 1 saturated carbocycles. The first kappa shape index (κ1) is 18.5. The number of nitrogens with one attached hydrogen (secondary N) is 1. The fourth-order valence-electron chi connectivity index (χ4n) is 3.12. The number of hydrogen-bond donors (Lipinski definition) is 1. The lowest BCUT2D eigenvalue weighted by atomic mass is 9.96. The fraction of sp³-hybridized carbons (Fsp3) is 0.412. The Morgan fingerprint density at radius 2 is 1.77 bits per heavy atom. The predicted molar refractivity (Wildman–Crippen MR) is 91.9 cm³/mol. The number of benzene rings is 1. The van der Waals surface area contributed by atoms with Gasteiger partial charge in [-0.15, -0.1) is 0 Å². The summed E-state index contributed by atoms with van der Waals surface area (Å²) in [6.07, 6.45) is 7.07. The Morgan fingerprint density at radius 3 is 2.38 bits per heavy atom. The van der Waals surface area contributed by atoms with Gasteiger partial charge in [0.25, 0.3) is 5.91 Å². The molecule has 1 N–H and O–H groups in total. The number of amides is 1. The van der Waals surface area contributed by atoms with Crippen molar-refractivity contribution in [2.24, 2.45) is 0 Å². The van der Waals surface area contributed by atoms with Crippen molar-refractivity contribution in [3.05, 3.63) is 42.1 Å². The number of nitrogens with zero attached hydrogens (tertiary/aromatic N) is 2. The van der Waals surface area contributed by atoms with Crippen LogP contribution in [-0.4, -0.2) is 29.9 Å². The lowest BCUT2D eigenvalue weighted by Gasteiger charge is -2.23. The van der Waals surface area contributed by atoms with Crippen molar-refractivity contribution < 1.29 is 22.0 Å². The minimum Gasteiger partial charge on any atom is -0.307 e. The smallest absolute Gasteiger partial charge is 0.307 e. The van der Waals surface area contributed by atoms with Crippen molar-refractivity contribution in [3.63, 3.8) is 0 Å². The second kappa shape index (κ2) is 7.53. The zero-order valence-electron chi connectivity index (χ0n) is 13.9. The van der Waals surface area contributed by atoms with Crippen LogP contribution < -0.4 is 5.32 Å². The maximum Gasteiger partial charge on any atom is 0.341 e. The Hall–Kier alpha value is -2.29. The molecule has 26 heavy (non-hydrogen) atoms. The molecule has 0 aliphatic heterocycles. The molecule has 140 valence electrons. The van der Waals surface area contributed by atoms with Crippen LogP contribution in [0.4, 0.5) is 14.6 Å². The number of aromatic nitrogens is 2. The van der Waals surface area contributed by atoms with Gasteiger partial charge < -0.3 is 5.32 Å². The minimum atomic E-state index is -4.67. The number of anilines is 1. The van der Waals surface area contributed by atoms with Gasteiger partial charge in [-0.25, -0.2) is 13.1 Å². The van der Waals surface area contributed by atoms with Gasteiger partial charge in [0.1, 0.15) is 5.82 Å². The summed E-state index contributed by atoms with van der Waals surface area (Å²) in [5, 5.41) is 7.04. The quantitative estimate of drug-likeness (QED) is 0.855. The first-order valence-corrected chi connectivity index (χ1v) is 9.91. The third kappa shape index (κ3) is 3.77. The highest BCUT2D eigenvalue weighted by Gasteiger charge is 2.26. The van der Waals surface area contributed by atoms with E-state index in [0.717, 1.165) is 37.8 Å². The van der Waals surface area contributed by atoms with Crippen LogP contribution in [0.3, 0.4) is 0 Å². The van der Waals surface area contributed by atoms with Gasteiger partial charge >= 0.3 is 5.76 Å². The molecule has 1 aliphatic carbocycles. The van der Waals surface area contributed by atoms with E-state index in [4.69, 9.17) is 0 Å². The molecule has 1 heterocycles. The van der Waals surface area contributed by atoms with Crippen LogP contribution in [0.2, 0.25) is 0 Å². The highest BCUT2D eigenvalue weighted by atomic mass is 32.2. The molecule has 0 bridgehead atoms. The maximum absolute atomic E-state index is 12.6. The summed E-state index contributed by atoms with van der Waals surface area (Å²) in [4.78, 5) is 11.9. The SMILES string of the molecule is O=C(Nc1ccnn1C1CCCCC1)c1ccc(S(=O)(=O)C(F)F)cc1. The average molecular weight is 383 g/mol. The van der Waals surface area contributed by atoms with Crippen LogP contribution in [-0.2, 0) is 9.84 Å². The number of rotatable bonds is 5. The highest BCUT2D eigenvalue weighted by Crippen LogP contribution is 2.30. The number of sulfone groups is 1. The average Bonchev–Trinajstić information content (AvgIpc) is 3.10. The van der Waals surface area contributed by atoms with Gasteiger partial charge in [-0.1, -0.05) is 19.3 Å². The van der Waals surface area contributed by atoms with Crippen LogP contribution in [0.25, 0.3) is 0 Å². The lowest BCUT2D eigenvalue weighted by molar-refractivity contribution is 0.102. The van der Waals surface area contributed by atoms with Gasteiger partial charge in [-0.05, 0) is 37.1 Å². The molecule has 0 radical (unpaired) electrons. The van der Waals surface area contributed by atoms with E-state index in [1.54, 1.807) is 16.9 Å². The number of halogens is 2. The Labute approximate surface area is 150 Å². The molecular formula is C17H19F2N3O3S. The maximum atomic E-state index is 12.6. The van der Waals surface area contributed by atoms with Gasteiger partial charge in [0.2, 0.25) is 9.84 Å². The van der Waals surface area contributed by atoms with E-state index in [9.17, 15) is 22.0 Å². The molecule has 0 spiro atoms. The normalized spacial score (nSPS) is 16.0. The van der Waals surface area contributed by atoms with Crippen LogP contribution >= 0.6 is 0 Å². The molecule has 0 unspecified atom stereocenters. The van der Waals surface area contributed by atoms with Crippen LogP contribution in [0.15, 0.2) is 41.4 Å². The summed E-state index contributed by atoms with van der Waals surface area (Å²) in [5.41, 5.74) is 0.176. The van der Waals surface area contributed by atoms with E-state index in [-0.39, 0.29) is 11.6 Å². The van der Waals surface area contributed by atoms with Gasteiger partial charge in [0.15, 0.2) is 0 Å². The van der Waals surface area contributed by atoms with E-state index in [2.05, 4.69) is 10.4 Å². The van der Waals surface area contributed by atoms with Crippen LogP contribution in [0, 0.1) is 0 Å². The van der Waals surface area contributed by atoms with Crippen molar-refractivity contribution in [1.82, 2.24) is 9.78 Å². The topological polar surface area (TPSA) is 81.1 Å². The molecule has 6 nitrogen and oxygen atoms in total. The Balaban J connectivity index is 1.74.